The van der Waals surface area contributed by atoms with Crippen molar-refractivity contribution >= 4 is 5.91 Å². The smallest absolute Gasteiger partial charge is 0.327 e. The van der Waals surface area contributed by atoms with Gasteiger partial charge in [-0.1, -0.05) is 42.5 Å². The molecule has 2 aromatic carbocycles. The van der Waals surface area contributed by atoms with Crippen LogP contribution in [0.3, 0.4) is 0 Å². The molecule has 0 aromatic heterocycles. The first-order valence-electron chi connectivity index (χ1n) is 8.00. The zero-order valence-electron chi connectivity index (χ0n) is 13.1. The number of hydrogen-bond acceptors (Lipinski definition) is 1. The van der Waals surface area contributed by atoms with Crippen molar-refractivity contribution in [3.63, 3.8) is 0 Å². The average molecular weight is 333 g/mol. The van der Waals surface area contributed by atoms with Crippen LogP contribution in [0.25, 0.3) is 11.1 Å². The van der Waals surface area contributed by atoms with E-state index in [4.69, 9.17) is 0 Å². The summed E-state index contributed by atoms with van der Waals surface area (Å²) in [5, 5.41) is 0. The summed E-state index contributed by atoms with van der Waals surface area (Å²) < 4.78 is 39.5. The second-order valence-electron chi connectivity index (χ2n) is 6.00. The predicted molar refractivity (Wildman–Crippen MR) is 86.6 cm³/mol. The van der Waals surface area contributed by atoms with Gasteiger partial charge in [-0.2, -0.15) is 13.2 Å². The number of nitrogens with zero attached hydrogens (tertiary/aromatic N) is 1. The minimum absolute atomic E-state index is 0.0165. The lowest BCUT2D eigenvalue weighted by Crippen LogP contribution is -2.51. The molecule has 126 valence electrons. The molecule has 0 radical (unpaired) electrons. The monoisotopic (exact) mass is 333 g/mol. The Labute approximate surface area is 138 Å². The molecule has 1 heterocycles. The summed E-state index contributed by atoms with van der Waals surface area (Å²) in [6, 6.07) is 14.7. The van der Waals surface area contributed by atoms with Crippen molar-refractivity contribution in [1.29, 1.82) is 0 Å². The molecule has 0 saturated carbocycles. The van der Waals surface area contributed by atoms with Crippen molar-refractivity contribution < 1.29 is 18.0 Å². The van der Waals surface area contributed by atoms with Gasteiger partial charge in [0.2, 0.25) is 0 Å². The topological polar surface area (TPSA) is 20.3 Å². The first-order valence-corrected chi connectivity index (χ1v) is 8.00. The molecule has 5 heteroatoms. The molecule has 1 aliphatic rings. The first kappa shape index (κ1) is 16.6. The normalized spacial score (nSPS) is 18.5. The molecule has 2 aromatic rings. The van der Waals surface area contributed by atoms with Gasteiger partial charge in [0.1, 0.15) is 6.04 Å². The number of likely N-dealkylation sites (tertiary alicyclic amines) is 1. The van der Waals surface area contributed by atoms with Crippen molar-refractivity contribution in [2.24, 2.45) is 0 Å². The number of carbonyl (C=O) groups excluding carboxylic acids is 1. The summed E-state index contributed by atoms with van der Waals surface area (Å²) in [6.45, 7) is 0.156. The molecule has 2 nitrogen and oxygen atoms in total. The van der Waals surface area contributed by atoms with Crippen LogP contribution in [0.5, 0.6) is 0 Å². The van der Waals surface area contributed by atoms with Crippen LogP contribution in [0.1, 0.15) is 29.6 Å². The van der Waals surface area contributed by atoms with Crippen LogP contribution in [-0.2, 0) is 0 Å². The van der Waals surface area contributed by atoms with Crippen molar-refractivity contribution in [2.75, 3.05) is 6.54 Å². The van der Waals surface area contributed by atoms with Gasteiger partial charge in [0.25, 0.3) is 5.91 Å². The maximum Gasteiger partial charge on any atom is 0.408 e. The Bertz CT molecular complexity index is 695. The number of benzene rings is 2. The van der Waals surface area contributed by atoms with Crippen LogP contribution in [0.15, 0.2) is 54.6 Å². The van der Waals surface area contributed by atoms with E-state index in [1.54, 1.807) is 24.3 Å². The van der Waals surface area contributed by atoms with Crippen LogP contribution in [-0.4, -0.2) is 29.6 Å². The summed E-state index contributed by atoms with van der Waals surface area (Å²) in [5.41, 5.74) is 2.23. The van der Waals surface area contributed by atoms with E-state index in [-0.39, 0.29) is 13.0 Å². The van der Waals surface area contributed by atoms with E-state index in [2.05, 4.69) is 0 Å². The fraction of sp³-hybridized carbons (Fsp3) is 0.316. The molecule has 1 unspecified atom stereocenters. The van der Waals surface area contributed by atoms with E-state index >= 15 is 0 Å². The maximum absolute atomic E-state index is 13.2. The molecule has 24 heavy (non-hydrogen) atoms. The summed E-state index contributed by atoms with van der Waals surface area (Å²) >= 11 is 0. The fourth-order valence-electron chi connectivity index (χ4n) is 3.12. The van der Waals surface area contributed by atoms with Crippen molar-refractivity contribution in [1.82, 2.24) is 4.90 Å². The van der Waals surface area contributed by atoms with Gasteiger partial charge in [0.15, 0.2) is 0 Å². The molecule has 3 rings (SSSR count). The minimum atomic E-state index is -4.37. The van der Waals surface area contributed by atoms with Crippen LogP contribution >= 0.6 is 0 Å². The maximum atomic E-state index is 13.2. The van der Waals surface area contributed by atoms with E-state index in [0.717, 1.165) is 16.0 Å². The lowest BCUT2D eigenvalue weighted by Gasteiger charge is -2.36. The van der Waals surface area contributed by atoms with Gasteiger partial charge in [-0.3, -0.25) is 4.79 Å². The van der Waals surface area contributed by atoms with E-state index < -0.39 is 18.1 Å². The van der Waals surface area contributed by atoms with Gasteiger partial charge in [-0.05, 0) is 42.5 Å². The molecule has 0 spiro atoms. The minimum Gasteiger partial charge on any atom is -0.327 e. The van der Waals surface area contributed by atoms with Crippen molar-refractivity contribution in [3.05, 3.63) is 60.2 Å². The molecule has 1 saturated heterocycles. The number of amides is 1. The largest absolute Gasteiger partial charge is 0.408 e. The van der Waals surface area contributed by atoms with Gasteiger partial charge in [-0.15, -0.1) is 0 Å². The van der Waals surface area contributed by atoms with Gasteiger partial charge < -0.3 is 4.90 Å². The zero-order valence-corrected chi connectivity index (χ0v) is 13.1. The molecule has 1 atom stereocenters. The summed E-state index contributed by atoms with van der Waals surface area (Å²) in [5.74, 6) is -0.545. The highest BCUT2D eigenvalue weighted by Crippen LogP contribution is 2.33. The van der Waals surface area contributed by atoms with Gasteiger partial charge in [-0.25, -0.2) is 0 Å². The van der Waals surface area contributed by atoms with Gasteiger partial charge >= 0.3 is 6.18 Å². The van der Waals surface area contributed by atoms with Crippen molar-refractivity contribution in [3.8, 4) is 11.1 Å². The molecule has 0 aliphatic carbocycles. The third-order valence-corrected chi connectivity index (χ3v) is 4.38. The molecular weight excluding hydrogens is 315 g/mol. The molecule has 1 fully saturated rings. The third kappa shape index (κ3) is 3.45. The Kier molecular flexibility index (Phi) is 4.60. The zero-order chi connectivity index (χ0) is 17.2. The van der Waals surface area contributed by atoms with Crippen LogP contribution in [0.2, 0.25) is 0 Å². The van der Waals surface area contributed by atoms with E-state index in [9.17, 15) is 18.0 Å². The highest BCUT2D eigenvalue weighted by Gasteiger charge is 2.46. The highest BCUT2D eigenvalue weighted by molar-refractivity contribution is 5.95. The molecule has 1 aliphatic heterocycles. The number of alkyl halides is 3. The first-order chi connectivity index (χ1) is 11.5. The number of halogens is 3. The van der Waals surface area contributed by atoms with Crippen LogP contribution in [0, 0.1) is 0 Å². The Balaban J connectivity index is 1.82. The summed E-state index contributed by atoms with van der Waals surface area (Å²) in [7, 11) is 0. The lowest BCUT2D eigenvalue weighted by atomic mass is 9.99. The van der Waals surface area contributed by atoms with E-state index in [1.165, 1.54) is 0 Å². The Morgan fingerprint density at radius 1 is 0.917 bits per heavy atom. The fourth-order valence-corrected chi connectivity index (χ4v) is 3.12. The predicted octanol–water partition coefficient (Wildman–Crippen LogP) is 4.91. The van der Waals surface area contributed by atoms with E-state index in [0.29, 0.717) is 18.4 Å². The quantitative estimate of drug-likeness (QED) is 0.764. The Morgan fingerprint density at radius 2 is 1.54 bits per heavy atom. The highest BCUT2D eigenvalue weighted by atomic mass is 19.4. The number of rotatable bonds is 2. The number of carbonyl (C=O) groups is 1. The lowest BCUT2D eigenvalue weighted by molar-refractivity contribution is -0.183. The second kappa shape index (κ2) is 6.67. The van der Waals surface area contributed by atoms with Crippen molar-refractivity contribution in [2.45, 2.75) is 31.5 Å². The standard InChI is InChI=1S/C19H18F3NO/c20-19(21,22)17-8-4-5-13-23(17)18(24)16-11-9-15(10-12-16)14-6-2-1-3-7-14/h1-3,6-7,9-12,17H,4-5,8,13H2. The van der Waals surface area contributed by atoms with Gasteiger partial charge in [0, 0.05) is 12.1 Å². The molecule has 0 N–H and O–H groups in total. The Hall–Kier alpha value is -2.30. The van der Waals surface area contributed by atoms with Crippen LogP contribution < -0.4 is 0 Å². The van der Waals surface area contributed by atoms with E-state index in [1.807, 2.05) is 30.3 Å². The summed E-state index contributed by atoms with van der Waals surface area (Å²) in [6.07, 6.45) is -3.28. The third-order valence-electron chi connectivity index (χ3n) is 4.38. The number of hydrogen-bond donors (Lipinski definition) is 0. The number of piperidine rings is 1. The molecule has 0 bridgehead atoms. The molecule has 1 amide bonds. The summed E-state index contributed by atoms with van der Waals surface area (Å²) in [4.78, 5) is 13.5. The second-order valence-corrected chi connectivity index (χ2v) is 6.00. The average Bonchev–Trinajstić information content (AvgIpc) is 2.61. The molecular formula is C19H18F3NO. The van der Waals surface area contributed by atoms with Gasteiger partial charge in [0.05, 0.1) is 0 Å². The SMILES string of the molecule is O=C(c1ccc(-c2ccccc2)cc1)N1CCCCC1C(F)(F)F. The van der Waals surface area contributed by atoms with Crippen LogP contribution in [0.4, 0.5) is 13.2 Å². The Morgan fingerprint density at radius 3 is 2.17 bits per heavy atom.